The molecule has 1 aromatic carbocycles. The van der Waals surface area contributed by atoms with E-state index in [1.807, 2.05) is 6.07 Å². The molecule has 1 heterocycles. The van der Waals surface area contributed by atoms with Crippen molar-refractivity contribution < 1.29 is 4.74 Å². The first-order valence-electron chi connectivity index (χ1n) is 6.02. The Morgan fingerprint density at radius 1 is 1.24 bits per heavy atom. The highest BCUT2D eigenvalue weighted by molar-refractivity contribution is 6.32. The summed E-state index contributed by atoms with van der Waals surface area (Å²) in [5.74, 6) is 0.379. The molecule has 0 atom stereocenters. The van der Waals surface area contributed by atoms with E-state index in [0.717, 1.165) is 4.57 Å². The van der Waals surface area contributed by atoms with Crippen LogP contribution in [-0.4, -0.2) is 9.13 Å². The van der Waals surface area contributed by atoms with Crippen molar-refractivity contribution in [2.24, 2.45) is 14.1 Å². The van der Waals surface area contributed by atoms with Crippen molar-refractivity contribution in [3.8, 4) is 11.8 Å². The van der Waals surface area contributed by atoms with Gasteiger partial charge in [0.05, 0.1) is 22.3 Å². The third kappa shape index (κ3) is 2.98. The summed E-state index contributed by atoms with van der Waals surface area (Å²) in [6, 6.07) is 7.93. The number of aromatic nitrogens is 2. The first kappa shape index (κ1) is 14.9. The molecule has 0 radical (unpaired) electrons. The van der Waals surface area contributed by atoms with Gasteiger partial charge < -0.3 is 4.74 Å². The van der Waals surface area contributed by atoms with Gasteiger partial charge in [0.25, 0.3) is 5.56 Å². The van der Waals surface area contributed by atoms with Crippen molar-refractivity contribution >= 4 is 11.6 Å². The van der Waals surface area contributed by atoms with Crippen molar-refractivity contribution in [1.29, 1.82) is 5.26 Å². The molecule has 0 aliphatic heterocycles. The number of nitrogens with zero attached hydrogens (tertiary/aromatic N) is 3. The Bertz CT molecular complexity index is 846. The molecule has 7 heteroatoms. The van der Waals surface area contributed by atoms with E-state index in [2.05, 4.69) is 0 Å². The fourth-order valence-electron chi connectivity index (χ4n) is 1.76. The lowest BCUT2D eigenvalue weighted by Crippen LogP contribution is -2.38. The van der Waals surface area contributed by atoms with Gasteiger partial charge in [-0.1, -0.05) is 11.6 Å². The molecule has 0 bridgehead atoms. The molecular weight excluding hydrogens is 294 g/mol. The van der Waals surface area contributed by atoms with Crippen LogP contribution in [0.3, 0.4) is 0 Å². The largest absolute Gasteiger partial charge is 0.486 e. The highest BCUT2D eigenvalue weighted by Gasteiger charge is 2.08. The maximum Gasteiger partial charge on any atom is 0.330 e. The van der Waals surface area contributed by atoms with Gasteiger partial charge in [0.2, 0.25) is 0 Å². The number of benzene rings is 1. The normalized spacial score (nSPS) is 10.2. The number of hydrogen-bond acceptors (Lipinski definition) is 4. The van der Waals surface area contributed by atoms with Crippen LogP contribution in [-0.2, 0) is 20.7 Å². The highest BCUT2D eigenvalue weighted by atomic mass is 35.5. The second-order valence-electron chi connectivity index (χ2n) is 4.42. The Morgan fingerprint density at radius 3 is 2.57 bits per heavy atom. The Balaban J connectivity index is 2.27. The Kier molecular flexibility index (Phi) is 4.15. The fourth-order valence-corrected chi connectivity index (χ4v) is 1.99. The van der Waals surface area contributed by atoms with Gasteiger partial charge in [-0.3, -0.25) is 13.9 Å². The van der Waals surface area contributed by atoms with Crippen molar-refractivity contribution in [2.45, 2.75) is 6.61 Å². The molecule has 0 aliphatic rings. The Morgan fingerprint density at radius 2 is 1.95 bits per heavy atom. The van der Waals surface area contributed by atoms with E-state index >= 15 is 0 Å². The van der Waals surface area contributed by atoms with E-state index in [0.29, 0.717) is 22.0 Å². The zero-order valence-corrected chi connectivity index (χ0v) is 12.2. The van der Waals surface area contributed by atoms with E-state index in [1.165, 1.54) is 23.7 Å². The smallest absolute Gasteiger partial charge is 0.330 e. The van der Waals surface area contributed by atoms with Crippen LogP contribution < -0.4 is 16.0 Å². The molecule has 6 nitrogen and oxygen atoms in total. The van der Waals surface area contributed by atoms with Crippen LogP contribution in [0.5, 0.6) is 5.75 Å². The predicted molar refractivity (Wildman–Crippen MR) is 77.4 cm³/mol. The van der Waals surface area contributed by atoms with E-state index < -0.39 is 11.2 Å². The molecule has 0 spiro atoms. The Hall–Kier alpha value is -2.52. The highest BCUT2D eigenvalue weighted by Crippen LogP contribution is 2.25. The van der Waals surface area contributed by atoms with Crippen molar-refractivity contribution in [3.63, 3.8) is 0 Å². The van der Waals surface area contributed by atoms with Crippen LogP contribution in [0, 0.1) is 11.3 Å². The lowest BCUT2D eigenvalue weighted by molar-refractivity contribution is 0.293. The summed E-state index contributed by atoms with van der Waals surface area (Å²) in [4.78, 5) is 23.4. The minimum Gasteiger partial charge on any atom is -0.486 e. The average Bonchev–Trinajstić information content (AvgIpc) is 2.48. The molecule has 2 aromatic rings. The van der Waals surface area contributed by atoms with Gasteiger partial charge in [0, 0.05) is 20.2 Å². The van der Waals surface area contributed by atoms with Crippen molar-refractivity contribution in [2.75, 3.05) is 0 Å². The maximum atomic E-state index is 11.8. The summed E-state index contributed by atoms with van der Waals surface area (Å²) in [6.45, 7) is 0.0213. The lowest BCUT2D eigenvalue weighted by Gasteiger charge is -2.11. The maximum absolute atomic E-state index is 11.8. The summed E-state index contributed by atoms with van der Waals surface area (Å²) in [5.41, 5.74) is 0.0338. The monoisotopic (exact) mass is 305 g/mol. The zero-order chi connectivity index (χ0) is 15.6. The summed E-state index contributed by atoms with van der Waals surface area (Å²) >= 11 is 5.99. The lowest BCUT2D eigenvalue weighted by atomic mass is 10.2. The van der Waals surface area contributed by atoms with Gasteiger partial charge in [0.1, 0.15) is 12.4 Å². The van der Waals surface area contributed by atoms with Crippen molar-refractivity contribution in [3.05, 3.63) is 61.4 Å². The first-order chi connectivity index (χ1) is 9.93. The van der Waals surface area contributed by atoms with Gasteiger partial charge >= 0.3 is 5.69 Å². The first-order valence-corrected chi connectivity index (χ1v) is 6.40. The molecule has 0 N–H and O–H groups in total. The second-order valence-corrected chi connectivity index (χ2v) is 4.83. The third-order valence-corrected chi connectivity index (χ3v) is 3.36. The molecule has 108 valence electrons. The molecule has 0 saturated carbocycles. The van der Waals surface area contributed by atoms with E-state index in [-0.39, 0.29) is 6.61 Å². The van der Waals surface area contributed by atoms with Gasteiger partial charge in [0.15, 0.2) is 0 Å². The molecule has 21 heavy (non-hydrogen) atoms. The van der Waals surface area contributed by atoms with Crippen LogP contribution in [0.1, 0.15) is 11.3 Å². The molecule has 0 saturated heterocycles. The molecular formula is C14H12ClN3O3. The number of rotatable bonds is 3. The van der Waals surface area contributed by atoms with Gasteiger partial charge in [-0.25, -0.2) is 4.79 Å². The van der Waals surface area contributed by atoms with Crippen LogP contribution in [0.25, 0.3) is 0 Å². The topological polar surface area (TPSA) is 77.0 Å². The SMILES string of the molecule is Cn1c(COc2ccc(C#N)cc2Cl)cc(=O)n(C)c1=O. The molecule has 2 rings (SSSR count). The van der Waals surface area contributed by atoms with E-state index in [9.17, 15) is 9.59 Å². The number of nitriles is 1. The summed E-state index contributed by atoms with van der Waals surface area (Å²) in [6.07, 6.45) is 0. The van der Waals surface area contributed by atoms with Gasteiger partial charge in [-0.05, 0) is 18.2 Å². The quantitative estimate of drug-likeness (QED) is 0.853. The second kappa shape index (κ2) is 5.85. The minimum atomic E-state index is -0.424. The fraction of sp³-hybridized carbons (Fsp3) is 0.214. The molecule has 1 aromatic heterocycles. The van der Waals surface area contributed by atoms with Crippen molar-refractivity contribution in [1.82, 2.24) is 9.13 Å². The molecule has 0 amide bonds. The summed E-state index contributed by atoms with van der Waals surface area (Å²) in [5, 5.41) is 9.05. The number of ether oxygens (including phenoxy) is 1. The molecule has 0 fully saturated rings. The number of hydrogen-bond donors (Lipinski definition) is 0. The predicted octanol–water partition coefficient (Wildman–Crippen LogP) is 1.19. The van der Waals surface area contributed by atoms with E-state index in [4.69, 9.17) is 21.6 Å². The molecule has 0 aliphatic carbocycles. The van der Waals surface area contributed by atoms with Crippen LogP contribution in [0.15, 0.2) is 33.9 Å². The Labute approximate surface area is 125 Å². The third-order valence-electron chi connectivity index (χ3n) is 3.06. The summed E-state index contributed by atoms with van der Waals surface area (Å²) in [7, 11) is 2.97. The average molecular weight is 306 g/mol. The molecule has 0 unspecified atom stereocenters. The van der Waals surface area contributed by atoms with Crippen LogP contribution in [0.2, 0.25) is 5.02 Å². The van der Waals surface area contributed by atoms with Crippen LogP contribution >= 0.6 is 11.6 Å². The van der Waals surface area contributed by atoms with Crippen LogP contribution in [0.4, 0.5) is 0 Å². The minimum absolute atomic E-state index is 0.0213. The zero-order valence-electron chi connectivity index (χ0n) is 11.5. The number of halogens is 1. The van der Waals surface area contributed by atoms with Gasteiger partial charge in [-0.2, -0.15) is 5.26 Å². The van der Waals surface area contributed by atoms with E-state index in [1.54, 1.807) is 19.2 Å². The van der Waals surface area contributed by atoms with Gasteiger partial charge in [-0.15, -0.1) is 0 Å². The standard InChI is InChI=1S/C14H12ClN3O3/c1-17-10(6-13(19)18(2)14(17)20)8-21-12-4-3-9(7-16)5-11(12)15/h3-6H,8H2,1-2H3. The summed E-state index contributed by atoms with van der Waals surface area (Å²) < 4.78 is 7.85.